The number of rotatable bonds is 8. The standard InChI is InChI=1S/C23H33FN2O4/c1-15(21(29)30)11-12-26(7)20(28)19(22(2,3)4)25-18(27)14-23(5,6)16-9-8-10-17(24)13-16/h8-11,13,19H,12,14H2,1-7H3,(H,25,27)(H,29,30)/b15-11+. The van der Waals surface area contributed by atoms with Crippen molar-refractivity contribution in [2.24, 2.45) is 5.41 Å². The zero-order valence-corrected chi connectivity index (χ0v) is 18.9. The highest BCUT2D eigenvalue weighted by Gasteiger charge is 2.36. The average molecular weight is 421 g/mol. The highest BCUT2D eigenvalue weighted by molar-refractivity contribution is 5.89. The van der Waals surface area contributed by atoms with Crippen molar-refractivity contribution in [3.63, 3.8) is 0 Å². The van der Waals surface area contributed by atoms with Crippen LogP contribution in [-0.4, -0.2) is 47.4 Å². The summed E-state index contributed by atoms with van der Waals surface area (Å²) in [6.07, 6.45) is 1.53. The maximum atomic E-state index is 13.6. The summed E-state index contributed by atoms with van der Waals surface area (Å²) >= 11 is 0. The van der Waals surface area contributed by atoms with Gasteiger partial charge in [0.25, 0.3) is 0 Å². The molecule has 0 spiro atoms. The molecule has 0 aliphatic heterocycles. The first kappa shape index (κ1) is 25.3. The van der Waals surface area contributed by atoms with Crippen LogP contribution in [0.15, 0.2) is 35.9 Å². The number of hydrogen-bond donors (Lipinski definition) is 2. The summed E-state index contributed by atoms with van der Waals surface area (Å²) in [5.74, 6) is -2.04. The maximum Gasteiger partial charge on any atom is 0.331 e. The molecule has 0 saturated heterocycles. The van der Waals surface area contributed by atoms with Crippen molar-refractivity contribution in [2.75, 3.05) is 13.6 Å². The van der Waals surface area contributed by atoms with E-state index in [1.54, 1.807) is 19.2 Å². The van der Waals surface area contributed by atoms with Crippen molar-refractivity contribution in [1.82, 2.24) is 10.2 Å². The molecule has 0 fully saturated rings. The predicted octanol–water partition coefficient (Wildman–Crippen LogP) is 3.51. The van der Waals surface area contributed by atoms with E-state index < -0.39 is 22.8 Å². The van der Waals surface area contributed by atoms with Crippen LogP contribution in [0.1, 0.15) is 53.5 Å². The second-order valence-corrected chi connectivity index (χ2v) is 9.35. The fraction of sp³-hybridized carbons (Fsp3) is 0.522. The van der Waals surface area contributed by atoms with Crippen molar-refractivity contribution in [3.8, 4) is 0 Å². The van der Waals surface area contributed by atoms with Gasteiger partial charge in [0.1, 0.15) is 11.9 Å². The Morgan fingerprint density at radius 2 is 1.80 bits per heavy atom. The SMILES string of the molecule is C/C(=C\CN(C)C(=O)C(NC(=O)CC(C)(C)c1cccc(F)c1)C(C)(C)C)C(=O)O. The molecule has 30 heavy (non-hydrogen) atoms. The van der Waals surface area contributed by atoms with E-state index in [2.05, 4.69) is 5.32 Å². The first-order valence-electron chi connectivity index (χ1n) is 9.85. The number of likely N-dealkylation sites (N-methyl/N-ethyl adjacent to an activating group) is 1. The molecule has 2 amide bonds. The van der Waals surface area contributed by atoms with Gasteiger partial charge in [-0.2, -0.15) is 0 Å². The van der Waals surface area contributed by atoms with E-state index in [1.807, 2.05) is 34.6 Å². The number of nitrogens with one attached hydrogen (secondary N) is 1. The van der Waals surface area contributed by atoms with E-state index >= 15 is 0 Å². The van der Waals surface area contributed by atoms with E-state index in [0.717, 1.165) is 0 Å². The number of nitrogens with zero attached hydrogens (tertiary/aromatic N) is 1. The number of benzene rings is 1. The number of amides is 2. The minimum absolute atomic E-state index is 0.0814. The summed E-state index contributed by atoms with van der Waals surface area (Å²) in [6, 6.07) is 5.34. The predicted molar refractivity (Wildman–Crippen MR) is 114 cm³/mol. The molecule has 0 saturated carbocycles. The molecule has 0 radical (unpaired) electrons. The summed E-state index contributed by atoms with van der Waals surface area (Å²) < 4.78 is 13.6. The highest BCUT2D eigenvalue weighted by Crippen LogP contribution is 2.28. The molecular weight excluding hydrogens is 387 g/mol. The van der Waals surface area contributed by atoms with Crippen molar-refractivity contribution in [3.05, 3.63) is 47.3 Å². The van der Waals surface area contributed by atoms with Gasteiger partial charge in [0.05, 0.1) is 0 Å². The molecule has 1 rings (SSSR count). The minimum Gasteiger partial charge on any atom is -0.478 e. The number of halogens is 1. The quantitative estimate of drug-likeness (QED) is 0.630. The van der Waals surface area contributed by atoms with Gasteiger partial charge in [-0.1, -0.05) is 52.8 Å². The van der Waals surface area contributed by atoms with E-state index in [0.29, 0.717) is 5.56 Å². The number of carbonyl (C=O) groups is 3. The lowest BCUT2D eigenvalue weighted by atomic mass is 9.80. The van der Waals surface area contributed by atoms with Gasteiger partial charge in [-0.15, -0.1) is 0 Å². The molecule has 0 heterocycles. The van der Waals surface area contributed by atoms with E-state index in [4.69, 9.17) is 5.11 Å². The van der Waals surface area contributed by atoms with Crippen LogP contribution in [0.4, 0.5) is 4.39 Å². The summed E-state index contributed by atoms with van der Waals surface area (Å²) in [4.78, 5) is 38.1. The molecule has 0 aromatic heterocycles. The van der Waals surface area contributed by atoms with Crippen molar-refractivity contribution >= 4 is 17.8 Å². The molecule has 166 valence electrons. The number of carboxylic acid groups (broad SMARTS) is 1. The van der Waals surface area contributed by atoms with Crippen LogP contribution in [0.2, 0.25) is 0 Å². The van der Waals surface area contributed by atoms with Gasteiger partial charge in [-0.3, -0.25) is 9.59 Å². The van der Waals surface area contributed by atoms with Crippen LogP contribution >= 0.6 is 0 Å². The van der Waals surface area contributed by atoms with Gasteiger partial charge in [-0.25, -0.2) is 9.18 Å². The summed E-state index contributed by atoms with van der Waals surface area (Å²) in [5, 5.41) is 11.8. The Bertz CT molecular complexity index is 825. The Balaban J connectivity index is 2.94. The normalized spacial score (nSPS) is 13.5. The summed E-state index contributed by atoms with van der Waals surface area (Å²) in [5.41, 5.74) is -0.342. The summed E-state index contributed by atoms with van der Waals surface area (Å²) in [6.45, 7) is 10.8. The molecule has 1 aromatic rings. The van der Waals surface area contributed by atoms with Crippen LogP contribution in [0.25, 0.3) is 0 Å². The zero-order chi connectivity index (χ0) is 23.3. The highest BCUT2D eigenvalue weighted by atomic mass is 19.1. The van der Waals surface area contributed by atoms with E-state index in [-0.39, 0.29) is 36.2 Å². The lowest BCUT2D eigenvalue weighted by Gasteiger charge is -2.34. The monoisotopic (exact) mass is 420 g/mol. The Hall–Kier alpha value is -2.70. The van der Waals surface area contributed by atoms with Crippen LogP contribution in [0.3, 0.4) is 0 Å². The van der Waals surface area contributed by atoms with Crippen LogP contribution < -0.4 is 5.32 Å². The number of carbonyl (C=O) groups excluding carboxylic acids is 2. The molecule has 2 N–H and O–H groups in total. The zero-order valence-electron chi connectivity index (χ0n) is 18.9. The van der Waals surface area contributed by atoms with Gasteiger partial charge in [0.15, 0.2) is 0 Å². The molecule has 0 aliphatic carbocycles. The molecule has 1 unspecified atom stereocenters. The second-order valence-electron chi connectivity index (χ2n) is 9.35. The minimum atomic E-state index is -1.05. The lowest BCUT2D eigenvalue weighted by molar-refractivity contribution is -0.138. The molecular formula is C23H33FN2O4. The van der Waals surface area contributed by atoms with Crippen molar-refractivity contribution < 1.29 is 23.9 Å². The van der Waals surface area contributed by atoms with Gasteiger partial charge in [-0.05, 0) is 35.4 Å². The topological polar surface area (TPSA) is 86.7 Å². The third-order valence-electron chi connectivity index (χ3n) is 5.01. The molecule has 7 heteroatoms. The Morgan fingerprint density at radius 3 is 2.30 bits per heavy atom. The third kappa shape index (κ3) is 7.28. The van der Waals surface area contributed by atoms with Crippen LogP contribution in [-0.2, 0) is 19.8 Å². The van der Waals surface area contributed by atoms with Gasteiger partial charge in [0.2, 0.25) is 11.8 Å². The fourth-order valence-corrected chi connectivity index (χ4v) is 2.95. The maximum absolute atomic E-state index is 13.6. The molecule has 1 aromatic carbocycles. The number of hydrogen-bond acceptors (Lipinski definition) is 3. The van der Waals surface area contributed by atoms with Crippen LogP contribution in [0.5, 0.6) is 0 Å². The lowest BCUT2D eigenvalue weighted by Crippen LogP contribution is -2.54. The molecule has 6 nitrogen and oxygen atoms in total. The van der Waals surface area contributed by atoms with Crippen LogP contribution in [0, 0.1) is 11.2 Å². The Morgan fingerprint density at radius 1 is 1.20 bits per heavy atom. The van der Waals surface area contributed by atoms with Gasteiger partial charge < -0.3 is 15.3 Å². The molecule has 0 aliphatic rings. The largest absolute Gasteiger partial charge is 0.478 e. The van der Waals surface area contributed by atoms with Gasteiger partial charge in [0, 0.05) is 25.6 Å². The first-order valence-corrected chi connectivity index (χ1v) is 9.85. The number of carboxylic acids is 1. The molecule has 0 bridgehead atoms. The first-order chi connectivity index (χ1) is 13.6. The summed E-state index contributed by atoms with van der Waals surface area (Å²) in [7, 11) is 1.57. The van der Waals surface area contributed by atoms with Crippen molar-refractivity contribution in [2.45, 2.75) is 59.4 Å². The Labute approximate surface area is 178 Å². The smallest absolute Gasteiger partial charge is 0.331 e. The van der Waals surface area contributed by atoms with E-state index in [9.17, 15) is 18.8 Å². The third-order valence-corrected chi connectivity index (χ3v) is 5.01. The fourth-order valence-electron chi connectivity index (χ4n) is 2.95. The Kier molecular flexibility index (Phi) is 8.34. The second kappa shape index (κ2) is 9.87. The van der Waals surface area contributed by atoms with Crippen molar-refractivity contribution in [1.29, 1.82) is 0 Å². The average Bonchev–Trinajstić information content (AvgIpc) is 2.61. The molecule has 1 atom stereocenters. The van der Waals surface area contributed by atoms with E-state index in [1.165, 1.54) is 30.0 Å². The number of aliphatic carboxylic acids is 1. The van der Waals surface area contributed by atoms with Gasteiger partial charge >= 0.3 is 5.97 Å².